The van der Waals surface area contributed by atoms with Gasteiger partial charge < -0.3 is 15.3 Å². The molecule has 5 nitrogen and oxygen atoms in total. The SMILES string of the molecule is CC(CO)(CO)CO.O=Cc1ccc(C=O)c(Cl)c1. The van der Waals surface area contributed by atoms with Crippen molar-refractivity contribution in [1.82, 2.24) is 0 Å². The summed E-state index contributed by atoms with van der Waals surface area (Å²) in [4.78, 5) is 20.5. The minimum atomic E-state index is -0.708. The van der Waals surface area contributed by atoms with Gasteiger partial charge >= 0.3 is 0 Å². The highest BCUT2D eigenvalue weighted by molar-refractivity contribution is 6.33. The molecular formula is C13H17ClO5. The minimum Gasteiger partial charge on any atom is -0.396 e. The third kappa shape index (κ3) is 5.94. The quantitative estimate of drug-likeness (QED) is 0.701. The van der Waals surface area contributed by atoms with E-state index in [1.165, 1.54) is 12.1 Å². The Bertz CT molecular complexity index is 407. The highest BCUT2D eigenvalue weighted by Crippen LogP contribution is 2.14. The van der Waals surface area contributed by atoms with Gasteiger partial charge in [-0.2, -0.15) is 0 Å². The lowest BCUT2D eigenvalue weighted by Crippen LogP contribution is -2.29. The Morgan fingerprint density at radius 1 is 1.11 bits per heavy atom. The molecule has 0 radical (unpaired) electrons. The predicted molar refractivity (Wildman–Crippen MR) is 71.6 cm³/mol. The Balaban J connectivity index is 0.000000362. The molecule has 0 bridgehead atoms. The van der Waals surface area contributed by atoms with Crippen molar-refractivity contribution in [2.75, 3.05) is 19.8 Å². The van der Waals surface area contributed by atoms with Gasteiger partial charge in [0.05, 0.1) is 24.8 Å². The van der Waals surface area contributed by atoms with Gasteiger partial charge in [0.2, 0.25) is 0 Å². The van der Waals surface area contributed by atoms with E-state index in [-0.39, 0.29) is 19.8 Å². The van der Waals surface area contributed by atoms with Crippen LogP contribution in [0, 0.1) is 5.41 Å². The molecule has 0 unspecified atom stereocenters. The Kier molecular flexibility index (Phi) is 8.18. The van der Waals surface area contributed by atoms with Gasteiger partial charge in [-0.05, 0) is 12.1 Å². The number of carbonyl (C=O) groups is 2. The second kappa shape index (κ2) is 8.77. The lowest BCUT2D eigenvalue weighted by molar-refractivity contribution is 0.0200. The number of hydrogen-bond donors (Lipinski definition) is 3. The van der Waals surface area contributed by atoms with Crippen LogP contribution < -0.4 is 0 Å². The smallest absolute Gasteiger partial charge is 0.151 e. The first-order valence-electron chi connectivity index (χ1n) is 5.49. The van der Waals surface area contributed by atoms with Crippen LogP contribution in [0.15, 0.2) is 18.2 Å². The molecule has 0 heterocycles. The summed E-state index contributed by atoms with van der Waals surface area (Å²) in [6, 6.07) is 4.51. The summed E-state index contributed by atoms with van der Waals surface area (Å²) < 4.78 is 0. The molecule has 0 saturated carbocycles. The van der Waals surface area contributed by atoms with Crippen LogP contribution in [0.5, 0.6) is 0 Å². The predicted octanol–water partition coefficient (Wildman–Crippen LogP) is 0.935. The molecule has 0 aliphatic rings. The van der Waals surface area contributed by atoms with Gasteiger partial charge in [0.1, 0.15) is 6.29 Å². The summed E-state index contributed by atoms with van der Waals surface area (Å²) in [5, 5.41) is 25.7. The molecular weight excluding hydrogens is 272 g/mol. The van der Waals surface area contributed by atoms with Crippen LogP contribution in [-0.2, 0) is 0 Å². The minimum absolute atomic E-state index is 0.181. The molecule has 0 aromatic heterocycles. The van der Waals surface area contributed by atoms with Crippen molar-refractivity contribution in [3.8, 4) is 0 Å². The molecule has 19 heavy (non-hydrogen) atoms. The number of rotatable bonds is 5. The Morgan fingerprint density at radius 2 is 1.63 bits per heavy atom. The molecule has 0 aliphatic heterocycles. The number of aliphatic hydroxyl groups excluding tert-OH is 3. The highest BCUT2D eigenvalue weighted by atomic mass is 35.5. The van der Waals surface area contributed by atoms with Crippen LogP contribution in [0.4, 0.5) is 0 Å². The maximum absolute atomic E-state index is 10.3. The van der Waals surface area contributed by atoms with Gasteiger partial charge in [-0.1, -0.05) is 24.6 Å². The molecule has 1 aromatic rings. The van der Waals surface area contributed by atoms with Crippen molar-refractivity contribution < 1.29 is 24.9 Å². The van der Waals surface area contributed by atoms with Crippen LogP contribution in [0.1, 0.15) is 27.6 Å². The van der Waals surface area contributed by atoms with E-state index in [2.05, 4.69) is 0 Å². The van der Waals surface area contributed by atoms with E-state index in [4.69, 9.17) is 26.9 Å². The third-order valence-corrected chi connectivity index (χ3v) is 2.76. The van der Waals surface area contributed by atoms with Gasteiger partial charge in [-0.3, -0.25) is 9.59 Å². The van der Waals surface area contributed by atoms with Crippen molar-refractivity contribution in [2.45, 2.75) is 6.92 Å². The number of aldehydes is 2. The normalized spacial score (nSPS) is 10.4. The van der Waals surface area contributed by atoms with Gasteiger partial charge in [0, 0.05) is 16.5 Å². The number of aliphatic hydroxyl groups is 3. The average molecular weight is 289 g/mol. The molecule has 0 amide bonds. The lowest BCUT2D eigenvalue weighted by Gasteiger charge is -2.20. The van der Waals surface area contributed by atoms with Crippen LogP contribution in [0.25, 0.3) is 0 Å². The van der Waals surface area contributed by atoms with Crippen molar-refractivity contribution in [1.29, 1.82) is 0 Å². The van der Waals surface area contributed by atoms with Crippen molar-refractivity contribution >= 4 is 24.2 Å². The van der Waals surface area contributed by atoms with E-state index in [0.29, 0.717) is 28.7 Å². The van der Waals surface area contributed by atoms with E-state index in [1.807, 2.05) is 0 Å². The van der Waals surface area contributed by atoms with Gasteiger partial charge in [-0.15, -0.1) is 0 Å². The monoisotopic (exact) mass is 288 g/mol. The first-order chi connectivity index (χ1) is 8.96. The summed E-state index contributed by atoms with van der Waals surface area (Å²) in [6.45, 7) is 1.06. The number of halogens is 1. The highest BCUT2D eigenvalue weighted by Gasteiger charge is 2.20. The fourth-order valence-electron chi connectivity index (χ4n) is 0.862. The summed E-state index contributed by atoms with van der Waals surface area (Å²) >= 11 is 5.62. The number of carbonyl (C=O) groups excluding carboxylic acids is 2. The van der Waals surface area contributed by atoms with E-state index in [1.54, 1.807) is 13.0 Å². The molecule has 1 rings (SSSR count). The molecule has 0 spiro atoms. The Labute approximate surface area is 116 Å². The van der Waals surface area contributed by atoms with E-state index in [9.17, 15) is 9.59 Å². The first-order valence-corrected chi connectivity index (χ1v) is 5.86. The van der Waals surface area contributed by atoms with Crippen molar-refractivity contribution in [2.24, 2.45) is 5.41 Å². The molecule has 3 N–H and O–H groups in total. The largest absolute Gasteiger partial charge is 0.396 e. The molecule has 0 saturated heterocycles. The van der Waals surface area contributed by atoms with Crippen molar-refractivity contribution in [3.05, 3.63) is 34.3 Å². The van der Waals surface area contributed by atoms with Crippen LogP contribution in [-0.4, -0.2) is 47.7 Å². The van der Waals surface area contributed by atoms with Gasteiger partial charge in [0.25, 0.3) is 0 Å². The van der Waals surface area contributed by atoms with E-state index < -0.39 is 5.41 Å². The first kappa shape index (κ1) is 17.7. The second-order valence-electron chi connectivity index (χ2n) is 4.30. The van der Waals surface area contributed by atoms with Crippen LogP contribution in [0.2, 0.25) is 5.02 Å². The Morgan fingerprint density at radius 3 is 1.89 bits per heavy atom. The van der Waals surface area contributed by atoms with Crippen molar-refractivity contribution in [3.63, 3.8) is 0 Å². The fraction of sp³-hybridized carbons (Fsp3) is 0.385. The van der Waals surface area contributed by atoms with Crippen LogP contribution in [0.3, 0.4) is 0 Å². The maximum atomic E-state index is 10.3. The lowest BCUT2D eigenvalue weighted by atomic mass is 9.95. The maximum Gasteiger partial charge on any atom is 0.151 e. The standard InChI is InChI=1S/C8H5ClO2.C5H12O3/c9-8-3-6(4-10)1-2-7(8)5-11;1-5(2-6,3-7)4-8/h1-5H;6-8H,2-4H2,1H3. The zero-order valence-electron chi connectivity index (χ0n) is 10.5. The van der Waals surface area contributed by atoms with Gasteiger partial charge in [0.15, 0.2) is 6.29 Å². The van der Waals surface area contributed by atoms with Crippen LogP contribution >= 0.6 is 11.6 Å². The summed E-state index contributed by atoms with van der Waals surface area (Å²) in [5.41, 5.74) is 0.165. The molecule has 0 atom stereocenters. The molecule has 0 fully saturated rings. The summed E-state index contributed by atoms with van der Waals surface area (Å²) in [5.74, 6) is 0. The molecule has 106 valence electrons. The zero-order valence-corrected chi connectivity index (χ0v) is 11.3. The summed E-state index contributed by atoms with van der Waals surface area (Å²) in [7, 11) is 0. The zero-order chi connectivity index (χ0) is 14.9. The third-order valence-electron chi connectivity index (χ3n) is 2.43. The topological polar surface area (TPSA) is 94.8 Å². The second-order valence-corrected chi connectivity index (χ2v) is 4.71. The summed E-state index contributed by atoms with van der Waals surface area (Å²) in [6.07, 6.45) is 1.33. The average Bonchev–Trinajstić information content (AvgIpc) is 2.47. The number of hydrogen-bond acceptors (Lipinski definition) is 5. The molecule has 1 aromatic carbocycles. The molecule has 0 aliphatic carbocycles. The van der Waals surface area contributed by atoms with E-state index >= 15 is 0 Å². The number of benzene rings is 1. The van der Waals surface area contributed by atoms with E-state index in [0.717, 1.165) is 0 Å². The Hall–Kier alpha value is -1.27. The molecule has 6 heteroatoms. The fourth-order valence-corrected chi connectivity index (χ4v) is 1.10. The van der Waals surface area contributed by atoms with Gasteiger partial charge in [-0.25, -0.2) is 0 Å².